The Bertz CT molecular complexity index is 565. The number of hydrogen-bond donors (Lipinski definition) is 1. The number of anilines is 1. The largest absolute Gasteiger partial charge is 0.459 e. The van der Waals surface area contributed by atoms with Gasteiger partial charge in [0.25, 0.3) is 0 Å². The number of benzene rings is 1. The first-order valence-electron chi connectivity index (χ1n) is 8.00. The third-order valence-electron chi connectivity index (χ3n) is 4.17. The number of ether oxygens (including phenoxy) is 1. The van der Waals surface area contributed by atoms with Crippen molar-refractivity contribution in [1.29, 1.82) is 0 Å². The minimum atomic E-state index is -0.279. The summed E-state index contributed by atoms with van der Waals surface area (Å²) in [5.74, 6) is 0.125. The van der Waals surface area contributed by atoms with Crippen molar-refractivity contribution in [1.82, 2.24) is 0 Å². The number of nitrogens with one attached hydrogen (secondary N) is 1. The van der Waals surface area contributed by atoms with Gasteiger partial charge < -0.3 is 10.1 Å². The van der Waals surface area contributed by atoms with Gasteiger partial charge in [0.05, 0.1) is 17.0 Å². The van der Waals surface area contributed by atoms with Crippen molar-refractivity contribution in [2.75, 3.05) is 11.1 Å². The van der Waals surface area contributed by atoms with E-state index in [4.69, 9.17) is 4.74 Å². The van der Waals surface area contributed by atoms with Gasteiger partial charge in [-0.2, -0.15) is 0 Å². The molecule has 1 aromatic carbocycles. The lowest BCUT2D eigenvalue weighted by Crippen LogP contribution is -2.21. The molecular weight excluding hydrogens is 298 g/mol. The zero-order valence-electron chi connectivity index (χ0n) is 12.6. The Hall–Kier alpha value is -1.49. The van der Waals surface area contributed by atoms with Crippen LogP contribution >= 0.6 is 11.8 Å². The normalized spacial score (nSPS) is 19.5. The first-order chi connectivity index (χ1) is 10.7. The molecule has 5 heteroatoms. The second-order valence-corrected chi connectivity index (χ2v) is 6.94. The van der Waals surface area contributed by atoms with Gasteiger partial charge in [0.2, 0.25) is 5.91 Å². The van der Waals surface area contributed by atoms with E-state index in [1.807, 2.05) is 6.07 Å². The standard InChI is InChI=1S/C17H21NO3S/c19-16-11-22-15-9-8-12(10-14(15)18-16)17(20)21-13-6-4-2-1-3-5-7-13/h8-10,13H,1-7,11H2,(H,18,19). The number of amides is 1. The number of rotatable bonds is 2. The van der Waals surface area contributed by atoms with Crippen LogP contribution < -0.4 is 5.32 Å². The fourth-order valence-electron chi connectivity index (χ4n) is 2.97. The number of hydrogen-bond acceptors (Lipinski definition) is 4. The van der Waals surface area contributed by atoms with Crippen LogP contribution in [-0.4, -0.2) is 23.7 Å². The first-order valence-corrected chi connectivity index (χ1v) is 8.98. The third-order valence-corrected chi connectivity index (χ3v) is 5.25. The highest BCUT2D eigenvalue weighted by molar-refractivity contribution is 8.00. The van der Waals surface area contributed by atoms with Crippen LogP contribution in [0.4, 0.5) is 5.69 Å². The number of carbonyl (C=O) groups is 2. The Morgan fingerprint density at radius 2 is 1.86 bits per heavy atom. The highest BCUT2D eigenvalue weighted by Crippen LogP contribution is 2.32. The molecule has 1 aromatic rings. The Morgan fingerprint density at radius 1 is 1.14 bits per heavy atom. The molecule has 1 heterocycles. The number of thioether (sulfide) groups is 1. The lowest BCUT2D eigenvalue weighted by atomic mass is 9.98. The Balaban J connectivity index is 1.66. The van der Waals surface area contributed by atoms with Gasteiger partial charge in [-0.05, 0) is 43.9 Å². The molecule has 1 saturated carbocycles. The van der Waals surface area contributed by atoms with Crippen molar-refractivity contribution in [3.8, 4) is 0 Å². The van der Waals surface area contributed by atoms with E-state index in [9.17, 15) is 9.59 Å². The van der Waals surface area contributed by atoms with E-state index in [-0.39, 0.29) is 18.0 Å². The van der Waals surface area contributed by atoms with Crippen molar-refractivity contribution in [3.05, 3.63) is 23.8 Å². The molecular formula is C17H21NO3S. The fraction of sp³-hybridized carbons (Fsp3) is 0.529. The summed E-state index contributed by atoms with van der Waals surface area (Å²) in [6.45, 7) is 0. The molecule has 0 unspecified atom stereocenters. The van der Waals surface area contributed by atoms with Gasteiger partial charge in [0.1, 0.15) is 6.10 Å². The topological polar surface area (TPSA) is 55.4 Å². The summed E-state index contributed by atoms with van der Waals surface area (Å²) >= 11 is 1.49. The van der Waals surface area contributed by atoms with Crippen LogP contribution in [0.25, 0.3) is 0 Å². The van der Waals surface area contributed by atoms with E-state index in [0.29, 0.717) is 17.0 Å². The first kappa shape index (κ1) is 15.4. The highest BCUT2D eigenvalue weighted by Gasteiger charge is 2.20. The minimum absolute atomic E-state index is 0.0250. The van der Waals surface area contributed by atoms with Crippen LogP contribution in [0.3, 0.4) is 0 Å². The van der Waals surface area contributed by atoms with Crippen molar-refractivity contribution < 1.29 is 14.3 Å². The van der Waals surface area contributed by atoms with E-state index >= 15 is 0 Å². The maximum absolute atomic E-state index is 12.3. The maximum Gasteiger partial charge on any atom is 0.338 e. The molecule has 0 saturated heterocycles. The van der Waals surface area contributed by atoms with E-state index < -0.39 is 0 Å². The Labute approximate surface area is 135 Å². The summed E-state index contributed by atoms with van der Waals surface area (Å²) in [4.78, 5) is 24.8. The van der Waals surface area contributed by atoms with Gasteiger partial charge >= 0.3 is 5.97 Å². The summed E-state index contributed by atoms with van der Waals surface area (Å²) in [7, 11) is 0. The molecule has 1 N–H and O–H groups in total. The SMILES string of the molecule is O=C1CSc2ccc(C(=O)OC3CCCCCCC3)cc2N1. The summed E-state index contributed by atoms with van der Waals surface area (Å²) < 4.78 is 5.67. The molecule has 0 spiro atoms. The molecule has 0 radical (unpaired) electrons. The lowest BCUT2D eigenvalue weighted by Gasteiger charge is -2.21. The predicted octanol–water partition coefficient (Wildman–Crippen LogP) is 4.00. The van der Waals surface area contributed by atoms with Gasteiger partial charge in [-0.15, -0.1) is 11.8 Å². The predicted molar refractivity (Wildman–Crippen MR) is 87.3 cm³/mol. The molecule has 1 fully saturated rings. The quantitative estimate of drug-likeness (QED) is 0.837. The van der Waals surface area contributed by atoms with Gasteiger partial charge in [-0.25, -0.2) is 4.79 Å². The van der Waals surface area contributed by atoms with Crippen molar-refractivity contribution in [2.24, 2.45) is 0 Å². The second kappa shape index (κ2) is 7.18. The summed E-state index contributed by atoms with van der Waals surface area (Å²) in [5, 5.41) is 2.81. The van der Waals surface area contributed by atoms with Crippen LogP contribution in [0.5, 0.6) is 0 Å². The molecule has 1 amide bonds. The van der Waals surface area contributed by atoms with Gasteiger partial charge in [-0.1, -0.05) is 19.3 Å². The van der Waals surface area contributed by atoms with Crippen LogP contribution in [-0.2, 0) is 9.53 Å². The number of esters is 1. The summed E-state index contributed by atoms with van der Waals surface area (Å²) in [6.07, 6.45) is 7.98. The molecule has 0 atom stereocenters. The minimum Gasteiger partial charge on any atom is -0.459 e. The van der Waals surface area contributed by atoms with Gasteiger partial charge in [0, 0.05) is 4.90 Å². The monoisotopic (exact) mass is 319 g/mol. The van der Waals surface area contributed by atoms with E-state index in [0.717, 1.165) is 30.6 Å². The van der Waals surface area contributed by atoms with Crippen LogP contribution in [0.1, 0.15) is 55.3 Å². The molecule has 118 valence electrons. The molecule has 2 aliphatic rings. The van der Waals surface area contributed by atoms with Gasteiger partial charge in [-0.3, -0.25) is 4.79 Å². The van der Waals surface area contributed by atoms with Crippen molar-refractivity contribution in [3.63, 3.8) is 0 Å². The average molecular weight is 319 g/mol. The molecule has 4 nitrogen and oxygen atoms in total. The second-order valence-electron chi connectivity index (χ2n) is 5.92. The Kier molecular flexibility index (Phi) is 5.03. The number of fused-ring (bicyclic) bond motifs is 1. The zero-order chi connectivity index (χ0) is 15.4. The fourth-order valence-corrected chi connectivity index (χ4v) is 3.75. The molecule has 22 heavy (non-hydrogen) atoms. The third kappa shape index (κ3) is 3.83. The van der Waals surface area contributed by atoms with E-state index in [2.05, 4.69) is 5.32 Å². The van der Waals surface area contributed by atoms with Crippen LogP contribution in [0.2, 0.25) is 0 Å². The summed E-state index contributed by atoms with van der Waals surface area (Å²) in [6, 6.07) is 5.40. The van der Waals surface area contributed by atoms with Crippen LogP contribution in [0, 0.1) is 0 Å². The van der Waals surface area contributed by atoms with Crippen molar-refractivity contribution >= 4 is 29.3 Å². The molecule has 1 aliphatic carbocycles. The smallest absolute Gasteiger partial charge is 0.338 e. The van der Waals surface area contributed by atoms with Gasteiger partial charge in [0.15, 0.2) is 0 Å². The molecule has 1 aliphatic heterocycles. The Morgan fingerprint density at radius 3 is 2.64 bits per heavy atom. The van der Waals surface area contributed by atoms with Crippen molar-refractivity contribution in [2.45, 2.75) is 55.9 Å². The summed E-state index contributed by atoms with van der Waals surface area (Å²) in [5.41, 5.74) is 1.23. The van der Waals surface area contributed by atoms with E-state index in [1.54, 1.807) is 12.1 Å². The molecule has 0 aromatic heterocycles. The molecule has 3 rings (SSSR count). The van der Waals surface area contributed by atoms with Crippen LogP contribution in [0.15, 0.2) is 23.1 Å². The number of carbonyl (C=O) groups excluding carboxylic acids is 2. The molecule has 0 bridgehead atoms. The average Bonchev–Trinajstić information content (AvgIpc) is 2.49. The maximum atomic E-state index is 12.3. The van der Waals surface area contributed by atoms with E-state index in [1.165, 1.54) is 31.0 Å². The zero-order valence-corrected chi connectivity index (χ0v) is 13.4. The lowest BCUT2D eigenvalue weighted by molar-refractivity contribution is -0.113. The highest BCUT2D eigenvalue weighted by atomic mass is 32.2.